The predicted molar refractivity (Wildman–Crippen MR) is 91.2 cm³/mol. The van der Waals surface area contributed by atoms with Crippen LogP contribution in [0.25, 0.3) is 11.2 Å². The molecule has 1 saturated heterocycles. The normalized spacial score (nSPS) is 27.9. The number of hydrogen-bond donors (Lipinski definition) is 7. The molecular weight excluding hydrogens is 424 g/mol. The van der Waals surface area contributed by atoms with Gasteiger partial charge < -0.3 is 39.9 Å². The lowest BCUT2D eigenvalue weighted by molar-refractivity contribution is -0.0483. The van der Waals surface area contributed by atoms with Crippen molar-refractivity contribution < 1.29 is 43.3 Å². The molecule has 0 radical (unpaired) electrons. The second-order valence-corrected chi connectivity index (χ2v) is 10.1. The molecule has 156 valence electrons. The van der Waals surface area contributed by atoms with Crippen molar-refractivity contribution in [2.45, 2.75) is 24.5 Å². The van der Waals surface area contributed by atoms with Gasteiger partial charge in [-0.05, 0) is 0 Å². The summed E-state index contributed by atoms with van der Waals surface area (Å²) >= 11 is 0. The maximum atomic E-state index is 11.8. The first-order chi connectivity index (χ1) is 12.9. The number of anilines is 1. The molecule has 3 rings (SSSR count). The minimum Gasteiger partial charge on any atom is -0.387 e. The fourth-order valence-electron chi connectivity index (χ4n) is 2.69. The van der Waals surface area contributed by atoms with E-state index in [1.54, 1.807) is 0 Å². The number of nitrogens with two attached hydrogens (primary N) is 1. The summed E-state index contributed by atoms with van der Waals surface area (Å²) in [5.74, 6) is -1.63. The Morgan fingerprint density at radius 2 is 1.96 bits per heavy atom. The van der Waals surface area contributed by atoms with Crippen LogP contribution in [-0.4, -0.2) is 75.2 Å². The Morgan fingerprint density at radius 3 is 2.61 bits per heavy atom. The maximum Gasteiger partial charge on any atom is 0.340 e. The zero-order chi connectivity index (χ0) is 20.9. The lowest BCUT2D eigenvalue weighted by atomic mass is 10.1. The van der Waals surface area contributed by atoms with E-state index in [1.165, 1.54) is 0 Å². The van der Waals surface area contributed by atoms with Crippen LogP contribution in [0.1, 0.15) is 6.23 Å². The highest BCUT2D eigenvalue weighted by Gasteiger charge is 2.45. The van der Waals surface area contributed by atoms with Crippen LogP contribution in [0.3, 0.4) is 0 Å². The number of nitrogens with one attached hydrogen (secondary N) is 1. The van der Waals surface area contributed by atoms with Gasteiger partial charge in [0.2, 0.25) is 5.95 Å². The molecule has 1 unspecified atom stereocenters. The molecule has 1 aliphatic rings. The van der Waals surface area contributed by atoms with Crippen molar-refractivity contribution in [3.05, 3.63) is 16.7 Å². The summed E-state index contributed by atoms with van der Waals surface area (Å²) in [6.07, 6.45) is -4.64. The van der Waals surface area contributed by atoms with Crippen molar-refractivity contribution >= 4 is 32.3 Å². The van der Waals surface area contributed by atoms with Gasteiger partial charge in [0.05, 0.1) is 12.9 Å². The highest BCUT2D eigenvalue weighted by atomic mass is 31.2. The Labute approximate surface area is 155 Å². The number of aliphatic hydroxyl groups excluding tert-OH is 2. The van der Waals surface area contributed by atoms with Crippen molar-refractivity contribution in [3.8, 4) is 0 Å². The lowest BCUT2D eigenvalue weighted by Crippen LogP contribution is -2.33. The highest BCUT2D eigenvalue weighted by Crippen LogP contribution is 2.55. The van der Waals surface area contributed by atoms with Crippen LogP contribution in [0.15, 0.2) is 11.1 Å². The molecule has 0 spiro atoms. The summed E-state index contributed by atoms with van der Waals surface area (Å²) in [7, 11) is -9.49. The summed E-state index contributed by atoms with van der Waals surface area (Å²) in [6, 6.07) is 0. The quantitative estimate of drug-likeness (QED) is 0.233. The van der Waals surface area contributed by atoms with E-state index in [-0.39, 0.29) is 17.1 Å². The van der Waals surface area contributed by atoms with Gasteiger partial charge in [0.15, 0.2) is 23.3 Å². The number of ether oxygens (including phenoxy) is 1. The van der Waals surface area contributed by atoms with Gasteiger partial charge in [-0.2, -0.15) is 4.98 Å². The summed E-state index contributed by atoms with van der Waals surface area (Å²) in [5, 5.41) is 20.3. The number of fused-ring (bicyclic) bond motifs is 1. The van der Waals surface area contributed by atoms with Crippen molar-refractivity contribution in [1.29, 1.82) is 0 Å². The molecule has 28 heavy (non-hydrogen) atoms. The van der Waals surface area contributed by atoms with Gasteiger partial charge in [-0.1, -0.05) is 0 Å². The molecule has 17 heteroatoms. The average molecular weight is 441 g/mol. The Morgan fingerprint density at radius 1 is 1.29 bits per heavy atom. The van der Waals surface area contributed by atoms with Crippen molar-refractivity contribution in [1.82, 2.24) is 19.5 Å². The summed E-state index contributed by atoms with van der Waals surface area (Å²) in [4.78, 5) is 48.8. The average Bonchev–Trinajstić information content (AvgIpc) is 3.06. The highest BCUT2D eigenvalue weighted by molar-refractivity contribution is 7.70. The molecule has 2 aromatic heterocycles. The third kappa shape index (κ3) is 4.33. The predicted octanol–water partition coefficient (Wildman–Crippen LogP) is -2.34. The van der Waals surface area contributed by atoms with E-state index >= 15 is 0 Å². The summed E-state index contributed by atoms with van der Waals surface area (Å²) < 4.78 is 33.7. The molecule has 0 amide bonds. The van der Waals surface area contributed by atoms with Crippen molar-refractivity contribution in [3.63, 3.8) is 0 Å². The fraction of sp³-hybridized carbons (Fsp3) is 0.545. The molecule has 0 aromatic carbocycles. The smallest absolute Gasteiger partial charge is 0.340 e. The summed E-state index contributed by atoms with van der Waals surface area (Å²) in [5.41, 5.74) is 4.72. The van der Waals surface area contributed by atoms with Gasteiger partial charge in [0, 0.05) is 0 Å². The minimum atomic E-state index is -4.82. The number of rotatable bonds is 6. The lowest BCUT2D eigenvalue weighted by Gasteiger charge is -2.18. The van der Waals surface area contributed by atoms with Crippen LogP contribution < -0.4 is 11.3 Å². The first-order valence-electron chi connectivity index (χ1n) is 7.63. The Kier molecular flexibility index (Phi) is 5.49. The Balaban J connectivity index is 1.79. The second-order valence-electron chi connectivity index (χ2n) is 6.06. The molecule has 0 saturated carbocycles. The first-order valence-corrected chi connectivity index (χ1v) is 11.2. The van der Waals surface area contributed by atoms with E-state index in [9.17, 15) is 29.0 Å². The van der Waals surface area contributed by atoms with E-state index in [2.05, 4.69) is 19.5 Å². The van der Waals surface area contributed by atoms with Crippen LogP contribution in [0.4, 0.5) is 5.95 Å². The van der Waals surface area contributed by atoms with Gasteiger partial charge >= 0.3 is 15.2 Å². The monoisotopic (exact) mass is 441 g/mol. The van der Waals surface area contributed by atoms with Crippen molar-refractivity contribution in [2.75, 3.05) is 18.2 Å². The van der Waals surface area contributed by atoms with Gasteiger partial charge in [-0.25, -0.2) is 4.98 Å². The van der Waals surface area contributed by atoms with Gasteiger partial charge in [0.1, 0.15) is 18.3 Å². The van der Waals surface area contributed by atoms with Crippen LogP contribution in [0.5, 0.6) is 0 Å². The number of aliphatic hydroxyl groups is 2. The largest absolute Gasteiger partial charge is 0.387 e. The Bertz CT molecular complexity index is 1030. The molecule has 2 aromatic rings. The maximum absolute atomic E-state index is 11.8. The molecule has 0 bridgehead atoms. The number of hydrogen-bond acceptors (Lipinski definition) is 10. The Hall–Kier alpha value is -1.67. The molecule has 15 nitrogen and oxygen atoms in total. The number of nitrogens with zero attached hydrogens (tertiary/aromatic N) is 3. The number of aromatic nitrogens is 4. The van der Waals surface area contributed by atoms with Crippen LogP contribution in [-0.2, 0) is 18.4 Å². The van der Waals surface area contributed by atoms with E-state index in [0.29, 0.717) is 0 Å². The molecule has 8 N–H and O–H groups in total. The molecule has 1 aliphatic heterocycles. The van der Waals surface area contributed by atoms with Gasteiger partial charge in [-0.3, -0.25) is 23.5 Å². The van der Waals surface area contributed by atoms with E-state index in [1.807, 2.05) is 0 Å². The SMILES string of the molecule is Nc1nc2c(ncn2[C@H]2O[C@@H](COP(=O)(O)CP(=O)(O)O)[C@H](O)[C@@H]2O)c(=O)[nH]1. The third-order valence-corrected chi connectivity index (χ3v) is 7.32. The molecule has 5 atom stereocenters. The van der Waals surface area contributed by atoms with Crippen LogP contribution in [0, 0.1) is 0 Å². The number of aromatic amines is 1. The number of imidazole rings is 1. The first kappa shape index (κ1) is 21.0. The van der Waals surface area contributed by atoms with Gasteiger partial charge in [-0.15, -0.1) is 0 Å². The van der Waals surface area contributed by atoms with Crippen molar-refractivity contribution in [2.24, 2.45) is 0 Å². The van der Waals surface area contributed by atoms with Crippen LogP contribution in [0.2, 0.25) is 0 Å². The zero-order valence-electron chi connectivity index (χ0n) is 13.9. The standard InChI is InChI=1S/C11H17N5O10P2/c12-11-14-8-5(9(19)15-11)13-2-16(8)10-7(18)6(17)4(26-10)1-25-28(23,24)3-27(20,21)22/h2,4,6-7,10,17-18H,1,3H2,(H,23,24)(H2,20,21,22)(H3,12,14,15,19)/t4-,6-,7-,10-/m0/s1. The van der Waals surface area contributed by atoms with Crippen LogP contribution >= 0.6 is 15.2 Å². The molecule has 3 heterocycles. The molecular formula is C11H17N5O10P2. The van der Waals surface area contributed by atoms with E-state index < -0.39 is 57.8 Å². The third-order valence-electron chi connectivity index (χ3n) is 3.87. The topological polar surface area (TPSA) is 243 Å². The minimum absolute atomic E-state index is 0.0339. The fourth-order valence-corrected chi connectivity index (χ4v) is 5.26. The second kappa shape index (κ2) is 7.30. The zero-order valence-corrected chi connectivity index (χ0v) is 15.7. The van der Waals surface area contributed by atoms with E-state index in [0.717, 1.165) is 10.9 Å². The number of nitrogen functional groups attached to an aromatic ring is 1. The molecule has 1 fully saturated rings. The number of H-pyrrole nitrogens is 1. The van der Waals surface area contributed by atoms with E-state index in [4.69, 9.17) is 20.3 Å². The van der Waals surface area contributed by atoms with Gasteiger partial charge in [0.25, 0.3) is 5.56 Å². The molecule has 0 aliphatic carbocycles. The summed E-state index contributed by atoms with van der Waals surface area (Å²) in [6.45, 7) is -0.745.